The van der Waals surface area contributed by atoms with E-state index in [4.69, 9.17) is 10.2 Å². The van der Waals surface area contributed by atoms with Crippen molar-refractivity contribution in [3.63, 3.8) is 0 Å². The minimum Gasteiger partial charge on any atom is -0.480 e. The maximum absolute atomic E-state index is 11.5. The van der Waals surface area contributed by atoms with Crippen LogP contribution in [0.1, 0.15) is 0 Å². The predicted molar refractivity (Wildman–Crippen MR) is 94.2 cm³/mol. The van der Waals surface area contributed by atoms with Crippen LogP contribution in [-0.2, 0) is 27.8 Å². The van der Waals surface area contributed by atoms with Gasteiger partial charge in [0.1, 0.15) is 0 Å². The van der Waals surface area contributed by atoms with Crippen LogP contribution in [0, 0.1) is 0 Å². The first-order valence-corrected chi connectivity index (χ1v) is 13.9. The molecule has 0 saturated carbocycles. The minimum atomic E-state index is -5.73. The van der Waals surface area contributed by atoms with Gasteiger partial charge in [-0.05, 0) is 0 Å². The van der Waals surface area contributed by atoms with Gasteiger partial charge in [0.2, 0.25) is 11.0 Å². The summed E-state index contributed by atoms with van der Waals surface area (Å²) in [5.41, 5.74) is -6.06. The summed E-state index contributed by atoms with van der Waals surface area (Å²) in [5, 5.41) is 17.7. The molecule has 0 aliphatic rings. The highest BCUT2D eigenvalue weighted by Gasteiger charge is 2.50. The third-order valence-corrected chi connectivity index (χ3v) is 10.5. The molecule has 0 saturated heterocycles. The molecule has 0 unspecified atom stereocenters. The Hall–Kier alpha value is -0.540. The van der Waals surface area contributed by atoms with Crippen molar-refractivity contribution >= 4 is 42.3 Å². The molecule has 0 radical (unpaired) electrons. The molecule has 0 heterocycles. The van der Waals surface area contributed by atoms with E-state index in [1.807, 2.05) is 0 Å². The van der Waals surface area contributed by atoms with Crippen LogP contribution in [0.25, 0.3) is 0 Å². The van der Waals surface area contributed by atoms with Crippen molar-refractivity contribution in [2.75, 3.05) is 26.2 Å². The fourth-order valence-electron chi connectivity index (χ4n) is 2.40. The van der Waals surface area contributed by atoms with Crippen molar-refractivity contribution in [1.29, 1.82) is 0 Å². The third-order valence-electron chi connectivity index (χ3n) is 3.21. The van der Waals surface area contributed by atoms with Gasteiger partial charge in [0.05, 0.1) is 13.1 Å². The summed E-state index contributed by atoms with van der Waals surface area (Å²) in [5.74, 6) is -3.71. The van der Waals surface area contributed by atoms with Crippen molar-refractivity contribution in [3.8, 4) is 0 Å². The lowest BCUT2D eigenvalue weighted by Crippen LogP contribution is -2.47. The Labute approximate surface area is 167 Å². The first kappa shape index (κ1) is 29.5. The van der Waals surface area contributed by atoms with E-state index in [0.717, 1.165) is 0 Å². The average molecular weight is 524 g/mol. The highest BCUT2D eigenvalue weighted by molar-refractivity contribution is 7.71. The Morgan fingerprint density at radius 3 is 0.900 bits per heavy atom. The normalized spacial score (nSPS) is 14.1. The zero-order chi connectivity index (χ0) is 24.3. The molecule has 178 valence electrons. The molecule has 0 fully saturated rings. The van der Waals surface area contributed by atoms with E-state index in [2.05, 4.69) is 0 Å². The molecule has 30 heavy (non-hydrogen) atoms. The van der Waals surface area contributed by atoms with Gasteiger partial charge >= 0.3 is 42.3 Å². The van der Waals surface area contributed by atoms with Crippen molar-refractivity contribution < 1.29 is 77.2 Å². The highest BCUT2D eigenvalue weighted by atomic mass is 31.2. The van der Waals surface area contributed by atoms with Gasteiger partial charge in [-0.25, -0.2) is 0 Å². The molecular weight excluding hydrogens is 504 g/mol. The minimum absolute atomic E-state index is 0.00481. The molecule has 0 aromatic carbocycles. The molecule has 0 aliphatic heterocycles. The van der Waals surface area contributed by atoms with Gasteiger partial charge in [-0.2, -0.15) is 0 Å². The lowest BCUT2D eigenvalue weighted by atomic mass is 10.4. The van der Waals surface area contributed by atoms with Crippen LogP contribution in [0.4, 0.5) is 0 Å². The van der Waals surface area contributed by atoms with Crippen LogP contribution >= 0.6 is 30.4 Å². The van der Waals surface area contributed by atoms with Gasteiger partial charge in [-0.1, -0.05) is 0 Å². The molecule has 0 amide bonds. The van der Waals surface area contributed by atoms with Gasteiger partial charge < -0.3 is 49.4 Å². The average Bonchev–Trinajstić information content (AvgIpc) is 2.36. The van der Waals surface area contributed by atoms with Crippen LogP contribution in [0.5, 0.6) is 0 Å². The van der Waals surface area contributed by atoms with E-state index in [9.17, 15) is 67.0 Å². The van der Waals surface area contributed by atoms with Crippen molar-refractivity contribution in [3.05, 3.63) is 0 Å². The molecule has 0 bridgehead atoms. The highest BCUT2D eigenvalue weighted by Crippen LogP contribution is 2.62. The second-order valence-corrected chi connectivity index (χ2v) is 13.3. The summed E-state index contributed by atoms with van der Waals surface area (Å²) >= 11 is 0. The number of aliphatic carboxylic acids is 2. The Balaban J connectivity index is 6.18. The second kappa shape index (κ2) is 10.4. The second-order valence-electron chi connectivity index (χ2n) is 5.78. The molecule has 0 atom stereocenters. The number of nitrogens with zero attached hydrogens (tertiary/aromatic N) is 2. The molecule has 0 aromatic rings. The number of carboxylic acids is 2. The van der Waals surface area contributed by atoms with Crippen LogP contribution in [0.3, 0.4) is 0 Å². The van der Waals surface area contributed by atoms with Crippen molar-refractivity contribution in [2.45, 2.75) is 11.0 Å². The number of carboxylic acid groups (broad SMARTS) is 2. The monoisotopic (exact) mass is 524 g/mol. The lowest BCUT2D eigenvalue weighted by molar-refractivity contribution is -0.140. The van der Waals surface area contributed by atoms with E-state index in [1.165, 1.54) is 0 Å². The zero-order valence-electron chi connectivity index (χ0n) is 14.6. The van der Waals surface area contributed by atoms with Gasteiger partial charge in [-0.15, -0.1) is 0 Å². The fourth-order valence-corrected chi connectivity index (χ4v) is 8.02. The lowest BCUT2D eigenvalue weighted by Gasteiger charge is -2.35. The molecule has 0 rings (SSSR count). The van der Waals surface area contributed by atoms with E-state index in [1.54, 1.807) is 0 Å². The maximum atomic E-state index is 11.5. The predicted octanol–water partition coefficient (Wildman–Crippen LogP) is -2.96. The standard InChI is InChI=1S/C8H20N2O16P4/c11-5(12)3-9(7(27(15,16)17)28(18,19)20)1-2-10(4-6(13)14)8(29(21,22)23)30(24,25)26/h7-8H,1-4H2,(H,11,12)(H,13,14)(H2,15,16,17)(H2,18,19,20)(H2,21,22,23)(H2,24,25,26). The van der Waals surface area contributed by atoms with Gasteiger partial charge in [0.25, 0.3) is 0 Å². The third kappa shape index (κ3) is 9.73. The number of hydrogen-bond acceptors (Lipinski definition) is 8. The first-order chi connectivity index (χ1) is 13.1. The van der Waals surface area contributed by atoms with Crippen LogP contribution in [-0.4, -0.2) is 108 Å². The largest absolute Gasteiger partial charge is 0.480 e. The van der Waals surface area contributed by atoms with Crippen LogP contribution in [0.2, 0.25) is 0 Å². The zero-order valence-corrected chi connectivity index (χ0v) is 18.2. The molecule has 0 spiro atoms. The van der Waals surface area contributed by atoms with E-state index in [0.29, 0.717) is 0 Å². The topological polar surface area (TPSA) is 311 Å². The van der Waals surface area contributed by atoms with Crippen LogP contribution in [0.15, 0.2) is 0 Å². The van der Waals surface area contributed by atoms with Crippen molar-refractivity contribution in [2.24, 2.45) is 0 Å². The first-order valence-electron chi connectivity index (χ1n) is 7.21. The Kier molecular flexibility index (Phi) is 10.2. The Morgan fingerprint density at radius 1 is 0.567 bits per heavy atom. The summed E-state index contributed by atoms with van der Waals surface area (Å²) < 4.78 is 45.9. The van der Waals surface area contributed by atoms with Crippen molar-refractivity contribution in [1.82, 2.24) is 9.80 Å². The summed E-state index contributed by atoms with van der Waals surface area (Å²) in [6.45, 7) is -5.20. The van der Waals surface area contributed by atoms with Gasteiger partial charge in [0.15, 0.2) is 0 Å². The molecular formula is C8H20N2O16P4. The number of rotatable bonds is 13. The summed E-state index contributed by atoms with van der Waals surface area (Å²) in [4.78, 5) is 95.5. The molecule has 22 heteroatoms. The Morgan fingerprint density at radius 2 is 0.767 bits per heavy atom. The van der Waals surface area contributed by atoms with E-state index in [-0.39, 0.29) is 9.80 Å². The fraction of sp³-hybridized carbons (Fsp3) is 0.750. The van der Waals surface area contributed by atoms with Gasteiger partial charge in [-0.3, -0.25) is 37.6 Å². The summed E-state index contributed by atoms with van der Waals surface area (Å²) in [6.07, 6.45) is 0. The quantitative estimate of drug-likeness (QED) is 0.108. The summed E-state index contributed by atoms with van der Waals surface area (Å²) in [7, 11) is -22.9. The number of hydrogen-bond donors (Lipinski definition) is 10. The van der Waals surface area contributed by atoms with E-state index < -0.39 is 79.5 Å². The van der Waals surface area contributed by atoms with E-state index >= 15 is 0 Å². The Bertz CT molecular complexity index is 709. The van der Waals surface area contributed by atoms with Gasteiger partial charge in [0, 0.05) is 13.1 Å². The summed E-state index contributed by atoms with van der Waals surface area (Å²) in [6, 6.07) is 0. The maximum Gasteiger partial charge on any atom is 0.354 e. The number of carbonyl (C=O) groups is 2. The smallest absolute Gasteiger partial charge is 0.354 e. The molecule has 0 aliphatic carbocycles. The molecule has 10 N–H and O–H groups in total. The molecule has 0 aromatic heterocycles. The SMILES string of the molecule is O=C(O)CN(CCN(CC(=O)O)C(P(=O)(O)O)P(=O)(O)O)C(P(=O)(O)O)P(=O)(O)O. The van der Waals surface area contributed by atoms with Crippen LogP contribution < -0.4 is 0 Å². The molecule has 18 nitrogen and oxygen atoms in total.